The number of likely N-dealkylation sites (N-methyl/N-ethyl adjacent to an activating group) is 1. The molecule has 2 fully saturated rings. The van der Waals surface area contributed by atoms with Crippen molar-refractivity contribution in [2.45, 2.75) is 24.9 Å². The molecule has 2 aliphatic rings. The topological polar surface area (TPSA) is 24.5 Å². The van der Waals surface area contributed by atoms with Crippen LogP contribution < -0.4 is 5.32 Å². The fourth-order valence-corrected chi connectivity index (χ4v) is 3.20. The minimum absolute atomic E-state index is 0.233. The maximum absolute atomic E-state index is 5.80. The van der Waals surface area contributed by atoms with Crippen molar-refractivity contribution in [3.63, 3.8) is 0 Å². The molecule has 0 aromatic heterocycles. The van der Waals surface area contributed by atoms with Gasteiger partial charge in [0.2, 0.25) is 0 Å². The van der Waals surface area contributed by atoms with Gasteiger partial charge in [-0.15, -0.1) is 0 Å². The third-order valence-electron chi connectivity index (χ3n) is 4.33. The zero-order chi connectivity index (χ0) is 13.1. The van der Waals surface area contributed by atoms with Crippen LogP contribution in [-0.4, -0.2) is 44.7 Å². The van der Waals surface area contributed by atoms with Crippen molar-refractivity contribution < 1.29 is 4.74 Å². The summed E-state index contributed by atoms with van der Waals surface area (Å²) in [5.74, 6) is 0.707. The predicted octanol–water partition coefficient (Wildman–Crippen LogP) is 2.16. The van der Waals surface area contributed by atoms with Crippen LogP contribution in [0.1, 0.15) is 36.0 Å². The Kier molecular flexibility index (Phi) is 4.16. The number of likely N-dealkylation sites (tertiary alicyclic amines) is 1. The van der Waals surface area contributed by atoms with E-state index in [9.17, 15) is 0 Å². The summed E-state index contributed by atoms with van der Waals surface area (Å²) in [7, 11) is 2.22. The van der Waals surface area contributed by atoms with Crippen molar-refractivity contribution in [3.05, 3.63) is 35.4 Å². The predicted molar refractivity (Wildman–Crippen MR) is 77.5 cm³/mol. The lowest BCUT2D eigenvalue weighted by molar-refractivity contribution is 0.0277. The molecule has 2 aliphatic heterocycles. The molecule has 2 heterocycles. The Morgan fingerprint density at radius 3 is 2.68 bits per heavy atom. The van der Waals surface area contributed by atoms with Crippen molar-refractivity contribution in [2.75, 3.05) is 39.8 Å². The smallest absolute Gasteiger partial charge is 0.0949 e. The van der Waals surface area contributed by atoms with Crippen molar-refractivity contribution >= 4 is 0 Å². The third kappa shape index (κ3) is 3.16. The first-order valence-electron chi connectivity index (χ1n) is 7.43. The Morgan fingerprint density at radius 1 is 1.21 bits per heavy atom. The second-order valence-electron chi connectivity index (χ2n) is 5.83. The lowest BCUT2D eigenvalue weighted by Gasteiger charge is -2.30. The van der Waals surface area contributed by atoms with E-state index in [0.717, 1.165) is 19.7 Å². The molecule has 0 radical (unpaired) electrons. The van der Waals surface area contributed by atoms with Gasteiger partial charge >= 0.3 is 0 Å². The summed E-state index contributed by atoms with van der Waals surface area (Å²) >= 11 is 0. The molecule has 0 bridgehead atoms. The van der Waals surface area contributed by atoms with Crippen LogP contribution >= 0.6 is 0 Å². The van der Waals surface area contributed by atoms with Crippen molar-refractivity contribution in [2.24, 2.45) is 0 Å². The summed E-state index contributed by atoms with van der Waals surface area (Å²) in [6, 6.07) is 9.11. The summed E-state index contributed by atoms with van der Waals surface area (Å²) in [6.45, 7) is 5.17. The van der Waals surface area contributed by atoms with Gasteiger partial charge in [0.15, 0.2) is 0 Å². The molecule has 2 atom stereocenters. The Morgan fingerprint density at radius 2 is 2.00 bits per heavy atom. The van der Waals surface area contributed by atoms with Gasteiger partial charge in [0.05, 0.1) is 12.7 Å². The minimum atomic E-state index is 0.233. The van der Waals surface area contributed by atoms with Crippen LogP contribution in [0.3, 0.4) is 0 Å². The number of rotatable bonds is 2. The first kappa shape index (κ1) is 13.1. The Hall–Kier alpha value is -0.900. The number of nitrogens with zero attached hydrogens (tertiary/aromatic N) is 1. The van der Waals surface area contributed by atoms with E-state index < -0.39 is 0 Å². The highest BCUT2D eigenvalue weighted by Gasteiger charge is 2.20. The molecular weight excluding hydrogens is 236 g/mol. The summed E-state index contributed by atoms with van der Waals surface area (Å²) in [5, 5.41) is 3.39. The van der Waals surface area contributed by atoms with Crippen LogP contribution in [0.25, 0.3) is 0 Å². The van der Waals surface area contributed by atoms with Gasteiger partial charge in [0, 0.05) is 19.6 Å². The normalized spacial score (nSPS) is 29.3. The zero-order valence-electron chi connectivity index (χ0n) is 11.8. The van der Waals surface area contributed by atoms with Crippen molar-refractivity contribution in [1.82, 2.24) is 10.2 Å². The molecule has 0 spiro atoms. The second kappa shape index (κ2) is 6.04. The Bertz CT molecular complexity index is 398. The van der Waals surface area contributed by atoms with Crippen LogP contribution in [0, 0.1) is 0 Å². The zero-order valence-corrected chi connectivity index (χ0v) is 11.8. The van der Waals surface area contributed by atoms with Crippen LogP contribution in [0.15, 0.2) is 24.3 Å². The van der Waals surface area contributed by atoms with Crippen LogP contribution in [-0.2, 0) is 4.74 Å². The van der Waals surface area contributed by atoms with Gasteiger partial charge in [-0.2, -0.15) is 0 Å². The van der Waals surface area contributed by atoms with Crippen LogP contribution in [0.5, 0.6) is 0 Å². The quantitative estimate of drug-likeness (QED) is 0.882. The average Bonchev–Trinajstić information content (AvgIpc) is 2.48. The molecule has 3 rings (SSSR count). The van der Waals surface area contributed by atoms with Gasteiger partial charge in [-0.25, -0.2) is 0 Å². The first-order chi connectivity index (χ1) is 9.33. The fourth-order valence-electron chi connectivity index (χ4n) is 3.20. The first-order valence-corrected chi connectivity index (χ1v) is 7.43. The maximum atomic E-state index is 5.80. The largest absolute Gasteiger partial charge is 0.371 e. The van der Waals surface area contributed by atoms with E-state index in [0.29, 0.717) is 5.92 Å². The van der Waals surface area contributed by atoms with Crippen LogP contribution in [0.2, 0.25) is 0 Å². The number of hydrogen-bond acceptors (Lipinski definition) is 3. The van der Waals surface area contributed by atoms with E-state index in [2.05, 4.69) is 41.5 Å². The van der Waals surface area contributed by atoms with E-state index in [1.54, 1.807) is 0 Å². The van der Waals surface area contributed by atoms with Gasteiger partial charge in [0.1, 0.15) is 0 Å². The molecule has 3 heteroatoms. The number of ether oxygens (including phenoxy) is 1. The standard InChI is InChI=1S/C16H24N2O/c1-18-9-2-3-15(12-18)13-4-6-14(7-5-13)16-11-17-8-10-19-16/h4-7,15-17H,2-3,8-12H2,1H3. The van der Waals surface area contributed by atoms with Gasteiger partial charge in [-0.05, 0) is 43.5 Å². The SMILES string of the molecule is CN1CCCC(c2ccc(C3CNCCO3)cc2)C1. The van der Waals surface area contributed by atoms with E-state index in [4.69, 9.17) is 4.74 Å². The highest BCUT2D eigenvalue weighted by Crippen LogP contribution is 2.28. The summed E-state index contributed by atoms with van der Waals surface area (Å²) < 4.78 is 5.80. The maximum Gasteiger partial charge on any atom is 0.0949 e. The molecule has 3 nitrogen and oxygen atoms in total. The van der Waals surface area contributed by atoms with E-state index in [1.165, 1.54) is 37.1 Å². The highest BCUT2D eigenvalue weighted by molar-refractivity contribution is 5.27. The molecule has 1 aromatic rings. The fraction of sp³-hybridized carbons (Fsp3) is 0.625. The Labute approximate surface area is 115 Å². The summed E-state index contributed by atoms with van der Waals surface area (Å²) in [6.07, 6.45) is 2.88. The van der Waals surface area contributed by atoms with E-state index in [1.807, 2.05) is 0 Å². The number of piperidine rings is 1. The van der Waals surface area contributed by atoms with E-state index in [-0.39, 0.29) is 6.10 Å². The molecule has 2 unspecified atom stereocenters. The Balaban J connectivity index is 1.67. The number of morpholine rings is 1. The molecule has 104 valence electrons. The molecule has 2 saturated heterocycles. The minimum Gasteiger partial charge on any atom is -0.371 e. The average molecular weight is 260 g/mol. The van der Waals surface area contributed by atoms with Crippen molar-refractivity contribution in [1.29, 1.82) is 0 Å². The molecule has 0 amide bonds. The van der Waals surface area contributed by atoms with Gasteiger partial charge in [-0.3, -0.25) is 0 Å². The number of nitrogens with one attached hydrogen (secondary N) is 1. The lowest BCUT2D eigenvalue weighted by Crippen LogP contribution is -2.33. The van der Waals surface area contributed by atoms with Crippen molar-refractivity contribution in [3.8, 4) is 0 Å². The molecular formula is C16H24N2O. The van der Waals surface area contributed by atoms with Crippen LogP contribution in [0.4, 0.5) is 0 Å². The molecule has 19 heavy (non-hydrogen) atoms. The lowest BCUT2D eigenvalue weighted by atomic mass is 9.90. The number of benzene rings is 1. The molecule has 1 N–H and O–H groups in total. The van der Waals surface area contributed by atoms with Gasteiger partial charge in [-0.1, -0.05) is 24.3 Å². The molecule has 0 aliphatic carbocycles. The van der Waals surface area contributed by atoms with E-state index >= 15 is 0 Å². The summed E-state index contributed by atoms with van der Waals surface area (Å²) in [5.41, 5.74) is 2.79. The third-order valence-corrected chi connectivity index (χ3v) is 4.33. The van der Waals surface area contributed by atoms with Gasteiger partial charge in [0.25, 0.3) is 0 Å². The highest BCUT2D eigenvalue weighted by atomic mass is 16.5. The monoisotopic (exact) mass is 260 g/mol. The van der Waals surface area contributed by atoms with Gasteiger partial charge < -0.3 is 15.0 Å². The number of hydrogen-bond donors (Lipinski definition) is 1. The molecule has 1 aromatic carbocycles. The summed E-state index contributed by atoms with van der Waals surface area (Å²) in [4.78, 5) is 2.44. The second-order valence-corrected chi connectivity index (χ2v) is 5.83. The molecule has 0 saturated carbocycles.